The zero-order valence-electron chi connectivity index (χ0n) is 12.2. The number of rotatable bonds is 4. The van der Waals surface area contributed by atoms with Crippen LogP contribution in [0.15, 0.2) is 18.2 Å². The number of hydrogen-bond acceptors (Lipinski definition) is 3. The lowest BCUT2D eigenvalue weighted by molar-refractivity contribution is -0.143. The first-order chi connectivity index (χ1) is 9.90. The fraction of sp³-hybridized carbons (Fsp3) is 0.533. The number of carbonyl (C=O) groups is 1. The summed E-state index contributed by atoms with van der Waals surface area (Å²) in [4.78, 5) is 14.9. The number of nitrogens with zero attached hydrogens (tertiary/aromatic N) is 2. The van der Waals surface area contributed by atoms with E-state index in [1.165, 1.54) is 6.07 Å². The normalized spacial score (nSPS) is 20.2. The van der Waals surface area contributed by atoms with Gasteiger partial charge in [-0.15, -0.1) is 0 Å². The molecule has 0 amide bonds. The molecule has 1 aliphatic heterocycles. The van der Waals surface area contributed by atoms with Crippen LogP contribution >= 0.6 is 0 Å². The van der Waals surface area contributed by atoms with Gasteiger partial charge in [-0.1, -0.05) is 0 Å². The minimum absolute atomic E-state index is 0.233. The van der Waals surface area contributed by atoms with Crippen molar-refractivity contribution in [3.63, 3.8) is 0 Å². The summed E-state index contributed by atoms with van der Waals surface area (Å²) in [5.41, 5.74) is 0.342. The first-order valence-electron chi connectivity index (χ1n) is 7.06. The first-order valence-corrected chi connectivity index (χ1v) is 7.06. The van der Waals surface area contributed by atoms with Crippen molar-refractivity contribution in [1.29, 1.82) is 0 Å². The van der Waals surface area contributed by atoms with Crippen LogP contribution in [0.2, 0.25) is 0 Å². The smallest absolute Gasteiger partial charge is 0.320 e. The summed E-state index contributed by atoms with van der Waals surface area (Å²) in [6, 6.07) is 2.73. The highest BCUT2D eigenvalue weighted by molar-refractivity contribution is 5.72. The van der Waals surface area contributed by atoms with Crippen LogP contribution in [0.1, 0.15) is 25.5 Å². The van der Waals surface area contributed by atoms with Gasteiger partial charge < -0.3 is 5.11 Å². The Morgan fingerprint density at radius 3 is 2.29 bits per heavy atom. The van der Waals surface area contributed by atoms with Crippen LogP contribution in [0.25, 0.3) is 0 Å². The Hall–Kier alpha value is -1.53. The van der Waals surface area contributed by atoms with Gasteiger partial charge in [-0.05, 0) is 32.0 Å². The molecule has 1 N–H and O–H groups in total. The summed E-state index contributed by atoms with van der Waals surface area (Å²) >= 11 is 0. The van der Waals surface area contributed by atoms with Gasteiger partial charge >= 0.3 is 5.97 Å². The summed E-state index contributed by atoms with van der Waals surface area (Å²) in [6.45, 7) is 5.98. The third-order valence-corrected chi connectivity index (χ3v) is 4.21. The predicted molar refractivity (Wildman–Crippen MR) is 75.0 cm³/mol. The Balaban J connectivity index is 2.01. The van der Waals surface area contributed by atoms with E-state index in [9.17, 15) is 13.6 Å². The van der Waals surface area contributed by atoms with E-state index in [1.807, 2.05) is 16.7 Å². The van der Waals surface area contributed by atoms with Crippen molar-refractivity contribution in [1.82, 2.24) is 9.80 Å². The van der Waals surface area contributed by atoms with Crippen molar-refractivity contribution in [2.24, 2.45) is 0 Å². The van der Waals surface area contributed by atoms with Gasteiger partial charge in [0.2, 0.25) is 0 Å². The van der Waals surface area contributed by atoms with Crippen LogP contribution in [-0.4, -0.2) is 53.1 Å². The zero-order valence-corrected chi connectivity index (χ0v) is 12.2. The number of hydrogen-bond donors (Lipinski definition) is 1. The third-order valence-electron chi connectivity index (χ3n) is 4.21. The number of piperazine rings is 1. The Morgan fingerprint density at radius 1 is 1.14 bits per heavy atom. The molecule has 4 nitrogen and oxygen atoms in total. The Kier molecular flexibility index (Phi) is 4.90. The van der Waals surface area contributed by atoms with E-state index in [0.717, 1.165) is 12.1 Å². The summed E-state index contributed by atoms with van der Waals surface area (Å²) in [5, 5.41) is 9.01. The van der Waals surface area contributed by atoms with Crippen molar-refractivity contribution in [3.8, 4) is 0 Å². The molecule has 2 unspecified atom stereocenters. The Labute approximate surface area is 123 Å². The highest BCUT2D eigenvalue weighted by Gasteiger charge is 2.28. The molecule has 0 aliphatic carbocycles. The van der Waals surface area contributed by atoms with Crippen molar-refractivity contribution in [2.45, 2.75) is 25.9 Å². The lowest BCUT2D eigenvalue weighted by Gasteiger charge is -2.39. The lowest BCUT2D eigenvalue weighted by Crippen LogP contribution is -2.52. The van der Waals surface area contributed by atoms with Crippen molar-refractivity contribution < 1.29 is 18.7 Å². The van der Waals surface area contributed by atoms with Crippen LogP contribution in [0, 0.1) is 11.6 Å². The van der Waals surface area contributed by atoms with Crippen LogP contribution in [0.4, 0.5) is 8.78 Å². The van der Waals surface area contributed by atoms with E-state index in [2.05, 4.69) is 0 Å². The Morgan fingerprint density at radius 2 is 1.71 bits per heavy atom. The molecule has 0 radical (unpaired) electrons. The summed E-state index contributed by atoms with van der Waals surface area (Å²) < 4.78 is 27.1. The number of benzene rings is 1. The molecule has 1 aromatic carbocycles. The fourth-order valence-corrected chi connectivity index (χ4v) is 2.70. The zero-order chi connectivity index (χ0) is 15.6. The second-order valence-electron chi connectivity index (χ2n) is 5.43. The molecule has 1 saturated heterocycles. The monoisotopic (exact) mass is 298 g/mol. The molecule has 116 valence electrons. The molecule has 0 saturated carbocycles. The average molecular weight is 298 g/mol. The van der Waals surface area contributed by atoms with Crippen LogP contribution in [0.3, 0.4) is 0 Å². The molecule has 0 aromatic heterocycles. The average Bonchev–Trinajstić information content (AvgIpc) is 2.48. The first kappa shape index (κ1) is 15.9. The van der Waals surface area contributed by atoms with Crippen molar-refractivity contribution >= 4 is 5.97 Å². The molecule has 2 rings (SSSR count). The van der Waals surface area contributed by atoms with E-state index >= 15 is 0 Å². The van der Waals surface area contributed by atoms with Gasteiger partial charge in [0.1, 0.15) is 17.7 Å². The third kappa shape index (κ3) is 3.57. The van der Waals surface area contributed by atoms with Crippen molar-refractivity contribution in [3.05, 3.63) is 35.4 Å². The molecular formula is C15H20F2N2O2. The van der Waals surface area contributed by atoms with Gasteiger partial charge in [-0.3, -0.25) is 14.6 Å². The van der Waals surface area contributed by atoms with Gasteiger partial charge in [0.25, 0.3) is 0 Å². The second kappa shape index (κ2) is 6.49. The minimum atomic E-state index is -0.840. The number of carboxylic acid groups (broad SMARTS) is 1. The maximum Gasteiger partial charge on any atom is 0.320 e. The van der Waals surface area contributed by atoms with Gasteiger partial charge in [0.15, 0.2) is 0 Å². The van der Waals surface area contributed by atoms with Crippen molar-refractivity contribution in [2.75, 3.05) is 26.2 Å². The highest BCUT2D eigenvalue weighted by Crippen LogP contribution is 2.25. The second-order valence-corrected chi connectivity index (χ2v) is 5.43. The number of halogens is 2. The molecule has 1 aliphatic rings. The summed E-state index contributed by atoms with van der Waals surface area (Å²) in [6.07, 6.45) is 0. The van der Waals surface area contributed by atoms with Crippen LogP contribution < -0.4 is 0 Å². The minimum Gasteiger partial charge on any atom is -0.480 e. The van der Waals surface area contributed by atoms with Gasteiger partial charge in [-0.2, -0.15) is 0 Å². The molecule has 1 heterocycles. The maximum atomic E-state index is 13.8. The molecule has 0 spiro atoms. The summed E-state index contributed by atoms with van der Waals surface area (Å²) in [7, 11) is 0. The molecule has 6 heteroatoms. The van der Waals surface area contributed by atoms with Gasteiger partial charge in [0, 0.05) is 37.8 Å². The predicted octanol–water partition coefficient (Wildman–Crippen LogP) is 2.12. The lowest BCUT2D eigenvalue weighted by atomic mass is 10.0. The highest BCUT2D eigenvalue weighted by atomic mass is 19.1. The topological polar surface area (TPSA) is 43.8 Å². The fourth-order valence-electron chi connectivity index (χ4n) is 2.70. The molecule has 0 bridgehead atoms. The molecular weight excluding hydrogens is 278 g/mol. The molecule has 2 atom stereocenters. The van der Waals surface area contributed by atoms with E-state index < -0.39 is 23.6 Å². The molecule has 1 aromatic rings. The van der Waals surface area contributed by atoms with Crippen LogP contribution in [0.5, 0.6) is 0 Å². The van der Waals surface area contributed by atoms with Gasteiger partial charge in [-0.25, -0.2) is 8.78 Å². The molecule has 21 heavy (non-hydrogen) atoms. The van der Waals surface area contributed by atoms with E-state index in [1.54, 1.807) is 6.92 Å². The quantitative estimate of drug-likeness (QED) is 0.924. The Bertz CT molecular complexity index is 516. The number of aliphatic carboxylic acids is 1. The number of carboxylic acids is 1. The van der Waals surface area contributed by atoms with Gasteiger partial charge in [0.05, 0.1) is 0 Å². The largest absolute Gasteiger partial charge is 0.480 e. The van der Waals surface area contributed by atoms with E-state index in [4.69, 9.17) is 5.11 Å². The molecule has 1 fully saturated rings. The standard InChI is InChI=1S/C15H20F2N2O2/c1-10(13-9-12(16)3-4-14(13)17)18-5-7-19(8-6-18)11(2)15(20)21/h3-4,9-11H,5-8H2,1-2H3,(H,20,21). The summed E-state index contributed by atoms with van der Waals surface area (Å²) in [5.74, 6) is -1.70. The SMILES string of the molecule is CC(C(=O)O)N1CCN(C(C)c2cc(F)ccc2F)CC1. The van der Waals surface area contributed by atoms with Crippen LogP contribution in [-0.2, 0) is 4.79 Å². The van der Waals surface area contributed by atoms with E-state index in [0.29, 0.717) is 31.7 Å². The van der Waals surface area contributed by atoms with E-state index in [-0.39, 0.29) is 6.04 Å². The maximum absolute atomic E-state index is 13.8.